The quantitative estimate of drug-likeness (QED) is 0.826. The molecule has 0 atom stereocenters. The molecular formula is C13H18IN. The third kappa shape index (κ3) is 2.36. The molecule has 0 radical (unpaired) electrons. The van der Waals surface area contributed by atoms with E-state index in [2.05, 4.69) is 59.1 Å². The Hall–Kier alpha value is -0.0900. The van der Waals surface area contributed by atoms with Crippen LogP contribution in [0.5, 0.6) is 0 Å². The lowest BCUT2D eigenvalue weighted by Gasteiger charge is -2.37. The van der Waals surface area contributed by atoms with Crippen LogP contribution >= 0.6 is 22.6 Å². The zero-order chi connectivity index (χ0) is 10.7. The molecule has 1 nitrogen and oxygen atoms in total. The van der Waals surface area contributed by atoms with Crippen molar-refractivity contribution in [3.05, 3.63) is 33.4 Å². The van der Waals surface area contributed by atoms with Crippen LogP contribution in [0.2, 0.25) is 0 Å². The van der Waals surface area contributed by atoms with E-state index in [0.717, 1.165) is 0 Å². The van der Waals surface area contributed by atoms with Crippen molar-refractivity contribution in [3.63, 3.8) is 0 Å². The third-order valence-electron chi connectivity index (χ3n) is 3.69. The molecule has 15 heavy (non-hydrogen) atoms. The minimum Gasteiger partial charge on any atom is -0.317 e. The Morgan fingerprint density at radius 2 is 1.80 bits per heavy atom. The molecule has 1 heterocycles. The maximum Gasteiger partial charge on any atom is 0.0130 e. The van der Waals surface area contributed by atoms with Crippen LogP contribution < -0.4 is 5.32 Å². The molecule has 0 aliphatic carbocycles. The number of hydrogen-bond acceptors (Lipinski definition) is 1. The zero-order valence-electron chi connectivity index (χ0n) is 9.22. The summed E-state index contributed by atoms with van der Waals surface area (Å²) in [5.41, 5.74) is 1.97. The Morgan fingerprint density at radius 1 is 1.20 bits per heavy atom. The number of rotatable bonds is 2. The lowest BCUT2D eigenvalue weighted by atomic mass is 9.71. The van der Waals surface area contributed by atoms with Gasteiger partial charge in [-0.15, -0.1) is 0 Å². The van der Waals surface area contributed by atoms with Gasteiger partial charge < -0.3 is 5.32 Å². The molecule has 1 fully saturated rings. The first-order chi connectivity index (χ1) is 7.27. The molecule has 0 aromatic heterocycles. The largest absolute Gasteiger partial charge is 0.317 e. The summed E-state index contributed by atoms with van der Waals surface area (Å²) in [6.45, 7) is 4.66. The fourth-order valence-corrected chi connectivity index (χ4v) is 2.91. The number of piperidine rings is 1. The molecule has 0 amide bonds. The highest BCUT2D eigenvalue weighted by atomic mass is 127. The molecule has 1 aromatic carbocycles. The van der Waals surface area contributed by atoms with E-state index in [1.165, 1.54) is 41.5 Å². The molecular weight excluding hydrogens is 297 g/mol. The maximum atomic E-state index is 3.45. The van der Waals surface area contributed by atoms with Gasteiger partial charge in [-0.2, -0.15) is 0 Å². The Morgan fingerprint density at radius 3 is 2.33 bits per heavy atom. The van der Waals surface area contributed by atoms with E-state index in [4.69, 9.17) is 0 Å². The maximum absolute atomic E-state index is 3.45. The van der Waals surface area contributed by atoms with Crippen molar-refractivity contribution in [2.75, 3.05) is 13.1 Å². The Labute approximate surface area is 106 Å². The van der Waals surface area contributed by atoms with E-state index in [1.807, 2.05) is 0 Å². The fourth-order valence-electron chi connectivity index (χ4n) is 2.56. The highest BCUT2D eigenvalue weighted by Gasteiger charge is 2.31. The average Bonchev–Trinajstić information content (AvgIpc) is 2.31. The third-order valence-corrected chi connectivity index (χ3v) is 4.41. The molecule has 2 rings (SSSR count). The molecule has 2 heteroatoms. The van der Waals surface area contributed by atoms with Gasteiger partial charge in [0, 0.05) is 3.57 Å². The number of halogens is 1. The lowest BCUT2D eigenvalue weighted by Crippen LogP contribution is -2.39. The minimum absolute atomic E-state index is 0.440. The second kappa shape index (κ2) is 4.83. The summed E-state index contributed by atoms with van der Waals surface area (Å²) in [7, 11) is 0. The van der Waals surface area contributed by atoms with Crippen LogP contribution in [-0.2, 0) is 5.41 Å². The highest BCUT2D eigenvalue weighted by Crippen LogP contribution is 2.36. The van der Waals surface area contributed by atoms with Crippen LogP contribution in [0.3, 0.4) is 0 Å². The van der Waals surface area contributed by atoms with Gasteiger partial charge in [-0.1, -0.05) is 19.1 Å². The number of benzene rings is 1. The van der Waals surface area contributed by atoms with Gasteiger partial charge in [-0.3, -0.25) is 0 Å². The fraction of sp³-hybridized carbons (Fsp3) is 0.538. The molecule has 0 unspecified atom stereocenters. The van der Waals surface area contributed by atoms with Crippen molar-refractivity contribution >= 4 is 22.6 Å². The van der Waals surface area contributed by atoms with Gasteiger partial charge >= 0.3 is 0 Å². The highest BCUT2D eigenvalue weighted by molar-refractivity contribution is 14.1. The predicted molar refractivity (Wildman–Crippen MR) is 73.2 cm³/mol. The van der Waals surface area contributed by atoms with Crippen LogP contribution in [-0.4, -0.2) is 13.1 Å². The Kier molecular flexibility index (Phi) is 3.67. The van der Waals surface area contributed by atoms with Crippen molar-refractivity contribution in [1.82, 2.24) is 5.32 Å². The summed E-state index contributed by atoms with van der Waals surface area (Å²) in [6.07, 6.45) is 3.82. The molecule has 1 aliphatic heterocycles. The number of nitrogens with one attached hydrogen (secondary N) is 1. The Bertz CT molecular complexity index is 312. The molecule has 0 bridgehead atoms. The molecule has 1 saturated heterocycles. The standard InChI is InChI=1S/C13H18IN/c1-2-13(7-9-15-10-8-13)11-3-5-12(14)6-4-11/h3-6,15H,2,7-10H2,1H3. The monoisotopic (exact) mass is 315 g/mol. The SMILES string of the molecule is CCC1(c2ccc(I)cc2)CCNCC1. The van der Waals surface area contributed by atoms with Crippen LogP contribution in [0.1, 0.15) is 31.7 Å². The zero-order valence-corrected chi connectivity index (χ0v) is 11.4. The molecule has 0 spiro atoms. The van der Waals surface area contributed by atoms with E-state index in [-0.39, 0.29) is 0 Å². The summed E-state index contributed by atoms with van der Waals surface area (Å²) in [5, 5.41) is 3.45. The van der Waals surface area contributed by atoms with Gasteiger partial charge in [0.1, 0.15) is 0 Å². The first-order valence-electron chi connectivity index (χ1n) is 5.74. The summed E-state index contributed by atoms with van der Waals surface area (Å²) < 4.78 is 1.33. The van der Waals surface area contributed by atoms with Crippen molar-refractivity contribution < 1.29 is 0 Å². The van der Waals surface area contributed by atoms with E-state index < -0.39 is 0 Å². The van der Waals surface area contributed by atoms with Crippen LogP contribution in [0.25, 0.3) is 0 Å². The second-order valence-electron chi connectivity index (χ2n) is 4.39. The van der Waals surface area contributed by atoms with Crippen molar-refractivity contribution in [2.24, 2.45) is 0 Å². The first kappa shape index (κ1) is 11.4. The summed E-state index contributed by atoms with van der Waals surface area (Å²) >= 11 is 2.37. The normalized spacial score (nSPS) is 20.1. The molecule has 1 aromatic rings. The van der Waals surface area contributed by atoms with Gasteiger partial charge in [-0.25, -0.2) is 0 Å². The lowest BCUT2D eigenvalue weighted by molar-refractivity contribution is 0.298. The van der Waals surface area contributed by atoms with E-state index in [1.54, 1.807) is 0 Å². The van der Waals surface area contributed by atoms with Gasteiger partial charge in [0.2, 0.25) is 0 Å². The van der Waals surface area contributed by atoms with Gasteiger partial charge in [0.25, 0.3) is 0 Å². The van der Waals surface area contributed by atoms with E-state index >= 15 is 0 Å². The average molecular weight is 315 g/mol. The van der Waals surface area contributed by atoms with Gasteiger partial charge in [0.05, 0.1) is 0 Å². The molecule has 82 valence electrons. The van der Waals surface area contributed by atoms with Gasteiger partial charge in [-0.05, 0) is 78.1 Å². The smallest absolute Gasteiger partial charge is 0.0130 e. The summed E-state index contributed by atoms with van der Waals surface area (Å²) in [4.78, 5) is 0. The molecule has 0 saturated carbocycles. The molecule has 1 N–H and O–H groups in total. The second-order valence-corrected chi connectivity index (χ2v) is 5.64. The van der Waals surface area contributed by atoms with E-state index in [0.29, 0.717) is 5.41 Å². The van der Waals surface area contributed by atoms with Gasteiger partial charge in [0.15, 0.2) is 0 Å². The predicted octanol–water partition coefficient (Wildman–Crippen LogP) is 3.32. The van der Waals surface area contributed by atoms with Crippen LogP contribution in [0.4, 0.5) is 0 Å². The van der Waals surface area contributed by atoms with Crippen LogP contribution in [0, 0.1) is 3.57 Å². The summed E-state index contributed by atoms with van der Waals surface area (Å²) in [5.74, 6) is 0. The first-order valence-corrected chi connectivity index (χ1v) is 6.81. The van der Waals surface area contributed by atoms with Crippen molar-refractivity contribution in [3.8, 4) is 0 Å². The van der Waals surface area contributed by atoms with E-state index in [9.17, 15) is 0 Å². The topological polar surface area (TPSA) is 12.0 Å². The summed E-state index contributed by atoms with van der Waals surface area (Å²) in [6, 6.07) is 9.10. The van der Waals surface area contributed by atoms with Crippen molar-refractivity contribution in [1.29, 1.82) is 0 Å². The molecule has 1 aliphatic rings. The number of hydrogen-bond donors (Lipinski definition) is 1. The minimum atomic E-state index is 0.440. The Balaban J connectivity index is 2.28. The van der Waals surface area contributed by atoms with Crippen LogP contribution in [0.15, 0.2) is 24.3 Å². The van der Waals surface area contributed by atoms with Crippen molar-refractivity contribution in [2.45, 2.75) is 31.6 Å².